The number of hydrogen-bond donors (Lipinski definition) is 2. The van der Waals surface area contributed by atoms with Crippen LogP contribution in [0.4, 0.5) is 19.3 Å². The topological polar surface area (TPSA) is 69.6 Å². The number of amides is 2. The SMILES string of the molecule is O=C(O)C1CCN(C(=O)Nc2cc(F)c(Br)c(F)c2)C1. The molecule has 20 heavy (non-hydrogen) atoms. The first-order valence-electron chi connectivity index (χ1n) is 5.81. The first-order chi connectivity index (χ1) is 9.38. The van der Waals surface area contributed by atoms with Crippen molar-refractivity contribution in [3.05, 3.63) is 28.2 Å². The van der Waals surface area contributed by atoms with Crippen LogP contribution in [0.2, 0.25) is 0 Å². The first-order valence-corrected chi connectivity index (χ1v) is 6.61. The van der Waals surface area contributed by atoms with Crippen LogP contribution in [0.3, 0.4) is 0 Å². The maximum absolute atomic E-state index is 13.3. The number of rotatable bonds is 2. The van der Waals surface area contributed by atoms with Crippen molar-refractivity contribution in [3.63, 3.8) is 0 Å². The lowest BCUT2D eigenvalue weighted by Gasteiger charge is -2.17. The summed E-state index contributed by atoms with van der Waals surface area (Å²) in [5, 5.41) is 11.2. The normalized spacial score (nSPS) is 18.1. The standard InChI is InChI=1S/C12H11BrF2N2O3/c13-10-8(14)3-7(4-9(10)15)16-12(20)17-2-1-6(5-17)11(18)19/h3-4,6H,1-2,5H2,(H,16,20)(H,18,19). The molecule has 0 saturated carbocycles. The van der Waals surface area contributed by atoms with Gasteiger partial charge in [0.05, 0.1) is 10.4 Å². The molecule has 2 N–H and O–H groups in total. The van der Waals surface area contributed by atoms with Crippen molar-refractivity contribution >= 4 is 33.6 Å². The first kappa shape index (κ1) is 14.7. The van der Waals surface area contributed by atoms with Gasteiger partial charge in [0.2, 0.25) is 0 Å². The second-order valence-electron chi connectivity index (χ2n) is 4.45. The molecule has 0 aliphatic carbocycles. The predicted octanol–water partition coefficient (Wildman–Crippen LogP) is 2.67. The molecule has 2 rings (SSSR count). The van der Waals surface area contributed by atoms with Gasteiger partial charge in [-0.25, -0.2) is 13.6 Å². The third-order valence-corrected chi connectivity index (χ3v) is 3.82. The summed E-state index contributed by atoms with van der Waals surface area (Å²) in [5.74, 6) is -3.21. The number of anilines is 1. The van der Waals surface area contributed by atoms with Crippen molar-refractivity contribution in [2.24, 2.45) is 5.92 Å². The lowest BCUT2D eigenvalue weighted by molar-refractivity contribution is -0.141. The van der Waals surface area contributed by atoms with Crippen LogP contribution < -0.4 is 5.32 Å². The Morgan fingerprint density at radius 2 is 1.95 bits per heavy atom. The van der Waals surface area contributed by atoms with Gasteiger partial charge < -0.3 is 15.3 Å². The van der Waals surface area contributed by atoms with Crippen LogP contribution in [-0.4, -0.2) is 35.1 Å². The average molecular weight is 349 g/mol. The van der Waals surface area contributed by atoms with Gasteiger partial charge in [0.15, 0.2) is 0 Å². The fraction of sp³-hybridized carbons (Fsp3) is 0.333. The number of nitrogens with zero attached hydrogens (tertiary/aromatic N) is 1. The highest BCUT2D eigenvalue weighted by molar-refractivity contribution is 9.10. The highest BCUT2D eigenvalue weighted by Gasteiger charge is 2.30. The van der Waals surface area contributed by atoms with Crippen LogP contribution in [0.5, 0.6) is 0 Å². The second-order valence-corrected chi connectivity index (χ2v) is 5.25. The van der Waals surface area contributed by atoms with Gasteiger partial charge in [0.1, 0.15) is 11.6 Å². The molecule has 0 spiro atoms. The summed E-state index contributed by atoms with van der Waals surface area (Å²) in [6, 6.07) is 1.39. The molecule has 0 bridgehead atoms. The van der Waals surface area contributed by atoms with E-state index in [4.69, 9.17) is 5.11 Å². The minimum atomic E-state index is -0.957. The third kappa shape index (κ3) is 3.06. The fourth-order valence-electron chi connectivity index (χ4n) is 1.98. The Morgan fingerprint density at radius 1 is 1.35 bits per heavy atom. The van der Waals surface area contributed by atoms with Crippen LogP contribution >= 0.6 is 15.9 Å². The number of aliphatic carboxylic acids is 1. The number of carboxylic acids is 1. The largest absolute Gasteiger partial charge is 0.481 e. The van der Waals surface area contributed by atoms with Crippen LogP contribution in [-0.2, 0) is 4.79 Å². The lowest BCUT2D eigenvalue weighted by atomic mass is 10.1. The number of carbonyl (C=O) groups is 2. The predicted molar refractivity (Wildman–Crippen MR) is 70.4 cm³/mol. The highest BCUT2D eigenvalue weighted by Crippen LogP contribution is 2.24. The number of carboxylic acid groups (broad SMARTS) is 1. The molecule has 1 aromatic carbocycles. The minimum Gasteiger partial charge on any atom is -0.481 e. The molecule has 1 aliphatic heterocycles. The third-order valence-electron chi connectivity index (χ3n) is 3.06. The lowest BCUT2D eigenvalue weighted by Crippen LogP contribution is -2.33. The molecule has 1 atom stereocenters. The van der Waals surface area contributed by atoms with E-state index < -0.39 is 29.6 Å². The minimum absolute atomic E-state index is 0.0213. The fourth-order valence-corrected chi connectivity index (χ4v) is 2.21. The summed E-state index contributed by atoms with van der Waals surface area (Å²) in [6.45, 7) is 0.382. The molecule has 108 valence electrons. The van der Waals surface area contributed by atoms with Gasteiger partial charge in [-0.05, 0) is 34.5 Å². The molecule has 1 unspecified atom stereocenters. The molecule has 0 radical (unpaired) electrons. The number of halogens is 3. The number of urea groups is 1. The van der Waals surface area contributed by atoms with Gasteiger partial charge in [-0.1, -0.05) is 0 Å². The quantitative estimate of drug-likeness (QED) is 0.807. The molecule has 1 aromatic rings. The van der Waals surface area contributed by atoms with E-state index in [2.05, 4.69) is 21.2 Å². The van der Waals surface area contributed by atoms with Gasteiger partial charge in [-0.3, -0.25) is 4.79 Å². The molecule has 5 nitrogen and oxygen atoms in total. The van der Waals surface area contributed by atoms with E-state index in [9.17, 15) is 18.4 Å². The van der Waals surface area contributed by atoms with Crippen molar-refractivity contribution in [2.75, 3.05) is 18.4 Å². The molecule has 1 saturated heterocycles. The summed E-state index contributed by atoms with van der Waals surface area (Å²) in [7, 11) is 0. The Morgan fingerprint density at radius 3 is 2.45 bits per heavy atom. The summed E-state index contributed by atoms with van der Waals surface area (Å²) in [6.07, 6.45) is 0.367. The van der Waals surface area contributed by atoms with Crippen LogP contribution in [0.1, 0.15) is 6.42 Å². The smallest absolute Gasteiger partial charge is 0.321 e. The molecule has 1 heterocycles. The van der Waals surface area contributed by atoms with E-state index in [-0.39, 0.29) is 16.7 Å². The van der Waals surface area contributed by atoms with E-state index in [1.54, 1.807) is 0 Å². The number of benzene rings is 1. The number of carbonyl (C=O) groups excluding carboxylic acids is 1. The van der Waals surface area contributed by atoms with Gasteiger partial charge in [0.25, 0.3) is 0 Å². The maximum Gasteiger partial charge on any atom is 0.321 e. The average Bonchev–Trinajstić information content (AvgIpc) is 2.85. The highest BCUT2D eigenvalue weighted by atomic mass is 79.9. The van der Waals surface area contributed by atoms with Crippen molar-refractivity contribution in [3.8, 4) is 0 Å². The second kappa shape index (κ2) is 5.74. The van der Waals surface area contributed by atoms with E-state index in [0.717, 1.165) is 12.1 Å². The van der Waals surface area contributed by atoms with Gasteiger partial charge >= 0.3 is 12.0 Å². The Balaban J connectivity index is 2.04. The van der Waals surface area contributed by atoms with Crippen LogP contribution in [0.25, 0.3) is 0 Å². The molecular weight excluding hydrogens is 338 g/mol. The molecule has 2 amide bonds. The zero-order valence-electron chi connectivity index (χ0n) is 10.2. The molecular formula is C12H11BrF2N2O3. The van der Waals surface area contributed by atoms with E-state index >= 15 is 0 Å². The van der Waals surface area contributed by atoms with Gasteiger partial charge in [-0.15, -0.1) is 0 Å². The van der Waals surface area contributed by atoms with E-state index in [0.29, 0.717) is 13.0 Å². The van der Waals surface area contributed by atoms with Gasteiger partial charge in [0, 0.05) is 18.8 Å². The Hall–Kier alpha value is -1.70. The van der Waals surface area contributed by atoms with Crippen molar-refractivity contribution in [1.82, 2.24) is 4.90 Å². The monoisotopic (exact) mass is 348 g/mol. The summed E-state index contributed by atoms with van der Waals surface area (Å²) >= 11 is 2.73. The van der Waals surface area contributed by atoms with Crippen molar-refractivity contribution < 1.29 is 23.5 Å². The zero-order chi connectivity index (χ0) is 14.9. The number of nitrogens with one attached hydrogen (secondary N) is 1. The van der Waals surface area contributed by atoms with Crippen LogP contribution in [0, 0.1) is 17.6 Å². The Labute approximate surface area is 121 Å². The molecule has 1 fully saturated rings. The van der Waals surface area contributed by atoms with Crippen molar-refractivity contribution in [2.45, 2.75) is 6.42 Å². The molecule has 8 heteroatoms. The Kier molecular flexibility index (Phi) is 4.22. The molecule has 0 aromatic heterocycles. The van der Waals surface area contributed by atoms with Crippen LogP contribution in [0.15, 0.2) is 16.6 Å². The van der Waals surface area contributed by atoms with Gasteiger partial charge in [-0.2, -0.15) is 0 Å². The summed E-state index contributed by atoms with van der Waals surface area (Å²) < 4.78 is 26.3. The van der Waals surface area contributed by atoms with Crippen molar-refractivity contribution in [1.29, 1.82) is 0 Å². The van der Waals surface area contributed by atoms with E-state index in [1.807, 2.05) is 0 Å². The zero-order valence-corrected chi connectivity index (χ0v) is 11.8. The molecule has 1 aliphatic rings. The maximum atomic E-state index is 13.3. The number of hydrogen-bond acceptors (Lipinski definition) is 2. The summed E-state index contributed by atoms with van der Waals surface area (Å²) in [4.78, 5) is 23.9. The summed E-state index contributed by atoms with van der Waals surface area (Å²) in [5.41, 5.74) is -0.0213. The Bertz CT molecular complexity index is 545. The van der Waals surface area contributed by atoms with E-state index in [1.165, 1.54) is 4.90 Å². The number of likely N-dealkylation sites (tertiary alicyclic amines) is 1.